The third-order valence-electron chi connectivity index (χ3n) is 0.761. The van der Waals surface area contributed by atoms with Gasteiger partial charge in [0.25, 0.3) is 0 Å². The van der Waals surface area contributed by atoms with E-state index < -0.39 is 8.32 Å². The van der Waals surface area contributed by atoms with E-state index in [-0.39, 0.29) is 0 Å². The van der Waals surface area contributed by atoms with Crippen molar-refractivity contribution in [3.8, 4) is 0 Å². The third kappa shape index (κ3) is 6.99. The highest BCUT2D eigenvalue weighted by Gasteiger charge is 2.13. The lowest BCUT2D eigenvalue weighted by Gasteiger charge is -2.16. The molecule has 1 nitrogen and oxygen atoms in total. The van der Waals surface area contributed by atoms with Gasteiger partial charge in [-0.05, 0) is 24.6 Å². The molecular formula is C6H12Br2OSi. The molecule has 0 fully saturated rings. The zero-order valence-electron chi connectivity index (χ0n) is 6.45. The average molecular weight is 288 g/mol. The lowest BCUT2D eigenvalue weighted by Crippen LogP contribution is -2.25. The van der Waals surface area contributed by atoms with Crippen LogP contribution >= 0.6 is 31.9 Å². The molecule has 0 spiro atoms. The summed E-state index contributed by atoms with van der Waals surface area (Å²) in [6.07, 6.45) is 0. The van der Waals surface area contributed by atoms with Gasteiger partial charge < -0.3 is 4.43 Å². The molecule has 0 unspecified atom stereocenters. The first-order valence-corrected chi connectivity index (χ1v) is 8.16. The Morgan fingerprint density at radius 1 is 1.50 bits per heavy atom. The van der Waals surface area contributed by atoms with Crippen molar-refractivity contribution in [3.63, 3.8) is 0 Å². The first-order chi connectivity index (χ1) is 4.45. The maximum atomic E-state index is 5.58. The zero-order valence-corrected chi connectivity index (χ0v) is 10.6. The molecule has 0 heterocycles. The first kappa shape index (κ1) is 10.9. The van der Waals surface area contributed by atoms with Gasteiger partial charge in [0.2, 0.25) is 0 Å². The molecule has 0 saturated carbocycles. The quantitative estimate of drug-likeness (QED) is 0.722. The van der Waals surface area contributed by atoms with Crippen molar-refractivity contribution < 1.29 is 4.43 Å². The monoisotopic (exact) mass is 286 g/mol. The molecule has 0 radical (unpaired) electrons. The summed E-state index contributed by atoms with van der Waals surface area (Å²) in [4.78, 5) is 1.83. The van der Waals surface area contributed by atoms with Crippen LogP contribution in [0.15, 0.2) is 9.47 Å². The van der Waals surface area contributed by atoms with Gasteiger partial charge in [-0.3, -0.25) is 0 Å². The Labute approximate surface area is 80.2 Å². The molecule has 0 bridgehead atoms. The minimum absolute atomic E-state index is 0.682. The Bertz CT molecular complexity index is 128. The molecule has 0 aliphatic carbocycles. The standard InChI is InChI=1S/C6H12Br2OSi/c1-10(2,3)9-5-6(8)4-7/h4H,5H2,1-3H3/b6-4+. The van der Waals surface area contributed by atoms with Crippen LogP contribution in [-0.2, 0) is 4.43 Å². The average Bonchev–Trinajstić information content (AvgIpc) is 1.81. The minimum Gasteiger partial charge on any atom is -0.413 e. The summed E-state index contributed by atoms with van der Waals surface area (Å²) in [5, 5.41) is 0. The molecule has 0 aromatic carbocycles. The normalized spacial score (nSPS) is 13.9. The van der Waals surface area contributed by atoms with E-state index in [1.807, 2.05) is 4.99 Å². The van der Waals surface area contributed by atoms with Crippen molar-refractivity contribution >= 4 is 40.2 Å². The maximum Gasteiger partial charge on any atom is 0.184 e. The summed E-state index contributed by atoms with van der Waals surface area (Å²) in [5.74, 6) is 0. The van der Waals surface area contributed by atoms with Gasteiger partial charge in [0.05, 0.1) is 6.61 Å². The Morgan fingerprint density at radius 2 is 2.00 bits per heavy atom. The van der Waals surface area contributed by atoms with Crippen LogP contribution in [0.5, 0.6) is 0 Å². The number of hydrogen-bond donors (Lipinski definition) is 0. The third-order valence-corrected chi connectivity index (χ3v) is 3.40. The SMILES string of the molecule is C[Si](C)(C)OC/C(Br)=C\Br. The van der Waals surface area contributed by atoms with E-state index in [9.17, 15) is 0 Å². The fourth-order valence-electron chi connectivity index (χ4n) is 0.317. The molecule has 0 aliphatic heterocycles. The van der Waals surface area contributed by atoms with Crippen LogP contribution in [0.4, 0.5) is 0 Å². The Kier molecular flexibility index (Phi) is 5.11. The fourth-order valence-corrected chi connectivity index (χ4v) is 1.36. The van der Waals surface area contributed by atoms with Crippen LogP contribution in [0.25, 0.3) is 0 Å². The predicted octanol–water partition coefficient (Wildman–Crippen LogP) is 3.47. The number of halogens is 2. The highest BCUT2D eigenvalue weighted by atomic mass is 79.9. The molecule has 0 aliphatic rings. The smallest absolute Gasteiger partial charge is 0.184 e. The Hall–Kier alpha value is 0.877. The first-order valence-electron chi connectivity index (χ1n) is 3.04. The fraction of sp³-hybridized carbons (Fsp3) is 0.667. The van der Waals surface area contributed by atoms with Crippen LogP contribution < -0.4 is 0 Å². The molecule has 0 amide bonds. The lowest BCUT2D eigenvalue weighted by atomic mass is 10.7. The van der Waals surface area contributed by atoms with Gasteiger partial charge in [-0.1, -0.05) is 31.9 Å². The van der Waals surface area contributed by atoms with E-state index in [1.165, 1.54) is 0 Å². The van der Waals surface area contributed by atoms with Crippen molar-refractivity contribution in [1.29, 1.82) is 0 Å². The van der Waals surface area contributed by atoms with Crippen LogP contribution in [0, 0.1) is 0 Å². The van der Waals surface area contributed by atoms with Crippen LogP contribution in [0.2, 0.25) is 19.6 Å². The van der Waals surface area contributed by atoms with E-state index >= 15 is 0 Å². The number of rotatable bonds is 3. The second kappa shape index (κ2) is 4.69. The molecule has 10 heavy (non-hydrogen) atoms. The van der Waals surface area contributed by atoms with Crippen molar-refractivity contribution in [2.45, 2.75) is 19.6 Å². The van der Waals surface area contributed by atoms with E-state index in [2.05, 4.69) is 51.5 Å². The molecular weight excluding hydrogens is 276 g/mol. The van der Waals surface area contributed by atoms with E-state index in [0.717, 1.165) is 4.48 Å². The van der Waals surface area contributed by atoms with Gasteiger partial charge in [0, 0.05) is 4.48 Å². The highest BCUT2D eigenvalue weighted by Crippen LogP contribution is 2.11. The van der Waals surface area contributed by atoms with Gasteiger partial charge in [-0.15, -0.1) is 0 Å². The van der Waals surface area contributed by atoms with Crippen molar-refractivity contribution in [2.75, 3.05) is 6.61 Å². The van der Waals surface area contributed by atoms with E-state index in [0.29, 0.717) is 6.61 Å². The topological polar surface area (TPSA) is 9.23 Å². The second-order valence-corrected chi connectivity index (χ2v) is 8.95. The van der Waals surface area contributed by atoms with E-state index in [1.54, 1.807) is 0 Å². The summed E-state index contributed by atoms with van der Waals surface area (Å²) >= 11 is 6.55. The molecule has 0 aromatic heterocycles. The van der Waals surface area contributed by atoms with Gasteiger partial charge in [0.15, 0.2) is 8.32 Å². The van der Waals surface area contributed by atoms with Gasteiger partial charge in [0.1, 0.15) is 0 Å². The lowest BCUT2D eigenvalue weighted by molar-refractivity contribution is 0.355. The summed E-state index contributed by atoms with van der Waals surface area (Å²) in [5.41, 5.74) is 0. The van der Waals surface area contributed by atoms with Gasteiger partial charge in [-0.2, -0.15) is 0 Å². The highest BCUT2D eigenvalue weighted by molar-refractivity contribution is 9.14. The van der Waals surface area contributed by atoms with Crippen molar-refractivity contribution in [3.05, 3.63) is 9.47 Å². The van der Waals surface area contributed by atoms with Gasteiger partial charge >= 0.3 is 0 Å². The summed E-state index contributed by atoms with van der Waals surface area (Å²) in [7, 11) is -1.33. The summed E-state index contributed by atoms with van der Waals surface area (Å²) < 4.78 is 6.63. The summed E-state index contributed by atoms with van der Waals surface area (Å²) in [6, 6.07) is 0. The molecule has 0 rings (SSSR count). The molecule has 4 heteroatoms. The molecule has 0 N–H and O–H groups in total. The van der Waals surface area contributed by atoms with Crippen LogP contribution in [0.3, 0.4) is 0 Å². The number of hydrogen-bond acceptors (Lipinski definition) is 1. The van der Waals surface area contributed by atoms with Gasteiger partial charge in [-0.25, -0.2) is 0 Å². The molecule has 0 aromatic rings. The van der Waals surface area contributed by atoms with Crippen molar-refractivity contribution in [1.82, 2.24) is 0 Å². The Balaban J connectivity index is 3.56. The maximum absolute atomic E-state index is 5.58. The zero-order chi connectivity index (χ0) is 8.20. The predicted molar refractivity (Wildman–Crippen MR) is 55.2 cm³/mol. The molecule has 60 valence electrons. The van der Waals surface area contributed by atoms with Crippen molar-refractivity contribution in [2.24, 2.45) is 0 Å². The largest absolute Gasteiger partial charge is 0.413 e. The molecule has 0 atom stereocenters. The summed E-state index contributed by atoms with van der Waals surface area (Å²) in [6.45, 7) is 7.19. The minimum atomic E-state index is -1.33. The molecule has 0 saturated heterocycles. The van der Waals surface area contributed by atoms with E-state index in [4.69, 9.17) is 4.43 Å². The van der Waals surface area contributed by atoms with Crippen LogP contribution in [-0.4, -0.2) is 14.9 Å². The van der Waals surface area contributed by atoms with Crippen LogP contribution in [0.1, 0.15) is 0 Å². The second-order valence-electron chi connectivity index (χ2n) is 2.96. The Morgan fingerprint density at radius 3 is 2.30 bits per heavy atom.